The average Bonchev–Trinajstić information content (AvgIpc) is 2.55. The molecule has 0 heterocycles. The Morgan fingerprint density at radius 3 is 2.65 bits per heavy atom. The Bertz CT molecular complexity index is 547. The van der Waals surface area contributed by atoms with Crippen LogP contribution in [0.25, 0.3) is 0 Å². The molecule has 1 aromatic carbocycles. The number of nitrogens with zero attached hydrogens (tertiary/aromatic N) is 1. The summed E-state index contributed by atoms with van der Waals surface area (Å²) in [6.07, 6.45) is 4.43. The highest BCUT2D eigenvalue weighted by atomic mass is 16.5. The third kappa shape index (κ3) is 7.88. The second kappa shape index (κ2) is 11.1. The molecule has 0 atom stereocenters. The van der Waals surface area contributed by atoms with Crippen LogP contribution in [0.1, 0.15) is 26.2 Å². The van der Waals surface area contributed by atoms with E-state index in [1.54, 1.807) is 24.3 Å². The number of hydrogen-bond donors (Lipinski definition) is 3. The van der Waals surface area contributed by atoms with Gasteiger partial charge in [0.05, 0.1) is 0 Å². The molecule has 6 nitrogen and oxygen atoms in total. The van der Waals surface area contributed by atoms with Gasteiger partial charge < -0.3 is 21.1 Å². The number of rotatable bonds is 10. The van der Waals surface area contributed by atoms with Crippen molar-refractivity contribution in [3.05, 3.63) is 36.0 Å². The first-order valence-corrected chi connectivity index (χ1v) is 7.75. The number of amides is 1. The highest BCUT2D eigenvalue weighted by Crippen LogP contribution is 2.11. The number of nitriles is 1. The molecule has 0 unspecified atom stereocenters. The second-order valence-corrected chi connectivity index (χ2v) is 5.02. The Hall–Kier alpha value is -2.52. The molecule has 4 N–H and O–H groups in total. The molecular weight excluding hydrogens is 292 g/mol. The molecule has 0 bridgehead atoms. The molecule has 23 heavy (non-hydrogen) atoms. The van der Waals surface area contributed by atoms with Gasteiger partial charge in [-0.3, -0.25) is 4.79 Å². The number of carbonyl (C=O) groups is 1. The first-order valence-electron chi connectivity index (χ1n) is 7.75. The Morgan fingerprint density at radius 1 is 1.30 bits per heavy atom. The minimum atomic E-state index is -0.455. The van der Waals surface area contributed by atoms with Gasteiger partial charge in [-0.15, -0.1) is 0 Å². The maximum atomic E-state index is 12.0. The highest BCUT2D eigenvalue weighted by molar-refractivity contribution is 6.06. The largest absolute Gasteiger partial charge is 0.399 e. The molecule has 0 aliphatic rings. The molecule has 0 fully saturated rings. The zero-order valence-electron chi connectivity index (χ0n) is 13.5. The van der Waals surface area contributed by atoms with E-state index in [0.717, 1.165) is 25.9 Å². The minimum absolute atomic E-state index is 0.0220. The molecule has 0 spiro atoms. The number of nitrogens with one attached hydrogen (secondary N) is 2. The lowest BCUT2D eigenvalue weighted by molar-refractivity contribution is -0.112. The van der Waals surface area contributed by atoms with Crippen molar-refractivity contribution in [1.82, 2.24) is 5.32 Å². The maximum Gasteiger partial charge on any atom is 0.267 e. The standard InChI is InChI=1S/C17H24N4O2/c1-2-3-10-23-11-4-9-20-13-14(12-18)17(22)21-16-7-5-15(19)6-8-16/h5-8,13,20H,2-4,9-11,19H2,1H3,(H,21,22)/b14-13-. The summed E-state index contributed by atoms with van der Waals surface area (Å²) in [7, 11) is 0. The maximum absolute atomic E-state index is 12.0. The zero-order valence-corrected chi connectivity index (χ0v) is 13.5. The molecule has 0 aliphatic carbocycles. The van der Waals surface area contributed by atoms with Crippen molar-refractivity contribution in [1.29, 1.82) is 5.26 Å². The lowest BCUT2D eigenvalue weighted by Gasteiger charge is -2.06. The molecule has 1 amide bonds. The molecule has 124 valence electrons. The van der Waals surface area contributed by atoms with Crippen molar-refractivity contribution >= 4 is 17.3 Å². The van der Waals surface area contributed by atoms with Gasteiger partial charge in [-0.05, 0) is 37.1 Å². The van der Waals surface area contributed by atoms with E-state index in [2.05, 4.69) is 17.6 Å². The first kappa shape index (κ1) is 18.5. The molecule has 0 saturated carbocycles. The van der Waals surface area contributed by atoms with Gasteiger partial charge in [0.25, 0.3) is 5.91 Å². The highest BCUT2D eigenvalue weighted by Gasteiger charge is 2.08. The van der Waals surface area contributed by atoms with Crippen molar-refractivity contribution in [2.75, 3.05) is 30.8 Å². The Kier molecular flexibility index (Phi) is 8.94. The van der Waals surface area contributed by atoms with Crippen LogP contribution in [0.5, 0.6) is 0 Å². The normalized spacial score (nSPS) is 10.9. The summed E-state index contributed by atoms with van der Waals surface area (Å²) in [5.41, 5.74) is 6.81. The quantitative estimate of drug-likeness (QED) is 0.266. The van der Waals surface area contributed by atoms with Crippen LogP contribution in [0, 0.1) is 11.3 Å². The van der Waals surface area contributed by atoms with E-state index in [-0.39, 0.29) is 5.57 Å². The molecule has 0 radical (unpaired) electrons. The van der Waals surface area contributed by atoms with Gasteiger partial charge in [-0.1, -0.05) is 13.3 Å². The molecule has 1 rings (SSSR count). The summed E-state index contributed by atoms with van der Waals surface area (Å²) >= 11 is 0. The van der Waals surface area contributed by atoms with Crippen LogP contribution in [-0.2, 0) is 9.53 Å². The summed E-state index contributed by atoms with van der Waals surface area (Å²) in [6, 6.07) is 8.62. The van der Waals surface area contributed by atoms with Crippen LogP contribution in [0.2, 0.25) is 0 Å². The number of nitrogens with two attached hydrogens (primary N) is 1. The van der Waals surface area contributed by atoms with Crippen molar-refractivity contribution in [3.63, 3.8) is 0 Å². The van der Waals surface area contributed by atoms with E-state index in [9.17, 15) is 4.79 Å². The predicted octanol–water partition coefficient (Wildman–Crippen LogP) is 2.41. The van der Waals surface area contributed by atoms with E-state index in [0.29, 0.717) is 24.5 Å². The Labute approximate surface area is 137 Å². The van der Waals surface area contributed by atoms with Crippen LogP contribution in [0.3, 0.4) is 0 Å². The fraction of sp³-hybridized carbons (Fsp3) is 0.412. The molecule has 1 aromatic rings. The zero-order chi connectivity index (χ0) is 16.9. The van der Waals surface area contributed by atoms with Crippen molar-refractivity contribution in [2.24, 2.45) is 0 Å². The van der Waals surface area contributed by atoms with Gasteiger partial charge in [0.15, 0.2) is 0 Å². The van der Waals surface area contributed by atoms with Crippen LogP contribution in [0.4, 0.5) is 11.4 Å². The van der Waals surface area contributed by atoms with Gasteiger partial charge in [-0.2, -0.15) is 5.26 Å². The third-order valence-electron chi connectivity index (χ3n) is 3.03. The van der Waals surface area contributed by atoms with Gasteiger partial charge in [0.2, 0.25) is 0 Å². The summed E-state index contributed by atoms with van der Waals surface area (Å²) in [5, 5.41) is 14.7. The Morgan fingerprint density at radius 2 is 2.00 bits per heavy atom. The third-order valence-corrected chi connectivity index (χ3v) is 3.03. The van der Waals surface area contributed by atoms with E-state index in [4.69, 9.17) is 15.7 Å². The summed E-state index contributed by atoms with van der Waals surface area (Å²) in [6.45, 7) is 4.21. The summed E-state index contributed by atoms with van der Waals surface area (Å²) in [4.78, 5) is 12.0. The minimum Gasteiger partial charge on any atom is -0.399 e. The average molecular weight is 316 g/mol. The van der Waals surface area contributed by atoms with Crippen molar-refractivity contribution in [3.8, 4) is 6.07 Å². The van der Waals surface area contributed by atoms with E-state index >= 15 is 0 Å². The smallest absolute Gasteiger partial charge is 0.267 e. The van der Waals surface area contributed by atoms with Gasteiger partial charge in [-0.25, -0.2) is 0 Å². The predicted molar refractivity (Wildman–Crippen MR) is 91.5 cm³/mol. The topological polar surface area (TPSA) is 100 Å². The fourth-order valence-electron chi connectivity index (χ4n) is 1.71. The Balaban J connectivity index is 2.32. The first-order chi connectivity index (χ1) is 11.2. The van der Waals surface area contributed by atoms with Gasteiger partial charge in [0.1, 0.15) is 11.6 Å². The van der Waals surface area contributed by atoms with E-state index in [1.165, 1.54) is 6.20 Å². The van der Waals surface area contributed by atoms with E-state index in [1.807, 2.05) is 6.07 Å². The van der Waals surface area contributed by atoms with Gasteiger partial charge in [0, 0.05) is 37.3 Å². The number of carbonyl (C=O) groups excluding carboxylic acids is 1. The summed E-state index contributed by atoms with van der Waals surface area (Å²) in [5.74, 6) is -0.455. The van der Waals surface area contributed by atoms with Crippen LogP contribution in [-0.4, -0.2) is 25.7 Å². The molecule has 0 aliphatic heterocycles. The van der Waals surface area contributed by atoms with Crippen LogP contribution >= 0.6 is 0 Å². The number of benzene rings is 1. The molecular formula is C17H24N4O2. The monoisotopic (exact) mass is 316 g/mol. The molecule has 6 heteroatoms. The van der Waals surface area contributed by atoms with Crippen LogP contribution in [0.15, 0.2) is 36.0 Å². The van der Waals surface area contributed by atoms with Crippen LogP contribution < -0.4 is 16.4 Å². The summed E-state index contributed by atoms with van der Waals surface area (Å²) < 4.78 is 5.43. The molecule has 0 aromatic heterocycles. The van der Waals surface area contributed by atoms with Crippen molar-refractivity contribution in [2.45, 2.75) is 26.2 Å². The van der Waals surface area contributed by atoms with E-state index < -0.39 is 5.91 Å². The number of hydrogen-bond acceptors (Lipinski definition) is 5. The lowest BCUT2D eigenvalue weighted by atomic mass is 10.2. The second-order valence-electron chi connectivity index (χ2n) is 5.02. The van der Waals surface area contributed by atoms with Crippen molar-refractivity contribution < 1.29 is 9.53 Å². The van der Waals surface area contributed by atoms with Gasteiger partial charge >= 0.3 is 0 Å². The number of anilines is 2. The number of ether oxygens (including phenoxy) is 1. The number of nitrogen functional groups attached to an aromatic ring is 1. The SMILES string of the molecule is CCCCOCCCN/C=C(/C#N)C(=O)Nc1ccc(N)cc1. The fourth-order valence-corrected chi connectivity index (χ4v) is 1.71. The number of unbranched alkanes of at least 4 members (excludes halogenated alkanes) is 1. The molecule has 0 saturated heterocycles. The lowest BCUT2D eigenvalue weighted by Crippen LogP contribution is -2.17.